The molecule has 0 aromatic heterocycles. The van der Waals surface area contributed by atoms with E-state index in [4.69, 9.17) is 5.73 Å². The first-order valence-corrected chi connectivity index (χ1v) is 8.82. The molecule has 3 aliphatic rings. The number of carbonyl (C=O) groups is 3. The molecule has 132 valence electrons. The maximum atomic E-state index is 12.7. The van der Waals surface area contributed by atoms with Crippen molar-refractivity contribution in [3.63, 3.8) is 0 Å². The molecule has 7 heteroatoms. The maximum Gasteiger partial charge on any atom is 0.255 e. The van der Waals surface area contributed by atoms with Crippen LogP contribution >= 0.6 is 0 Å². The van der Waals surface area contributed by atoms with Gasteiger partial charge in [-0.3, -0.25) is 19.7 Å². The molecule has 1 aromatic rings. The van der Waals surface area contributed by atoms with Crippen molar-refractivity contribution in [1.82, 2.24) is 10.2 Å². The van der Waals surface area contributed by atoms with E-state index in [0.717, 1.165) is 30.5 Å². The molecule has 3 atom stereocenters. The third-order valence-electron chi connectivity index (χ3n) is 5.45. The second kappa shape index (κ2) is 6.15. The summed E-state index contributed by atoms with van der Waals surface area (Å²) < 4.78 is 0. The van der Waals surface area contributed by atoms with E-state index in [2.05, 4.69) is 10.6 Å². The average Bonchev–Trinajstić information content (AvgIpc) is 3.12. The number of hydrogen-bond acceptors (Lipinski definition) is 5. The molecular formula is C18H22N4O3. The van der Waals surface area contributed by atoms with Crippen LogP contribution in [0.1, 0.15) is 48.0 Å². The molecule has 0 bridgehead atoms. The number of fused-ring (bicyclic) bond motifs is 1. The molecule has 2 fully saturated rings. The normalized spacial score (nSPS) is 28.9. The van der Waals surface area contributed by atoms with Gasteiger partial charge in [0.2, 0.25) is 11.8 Å². The summed E-state index contributed by atoms with van der Waals surface area (Å²) in [5, 5.41) is 5.79. The molecule has 2 heterocycles. The zero-order chi connectivity index (χ0) is 17.6. The second-order valence-corrected chi connectivity index (χ2v) is 7.12. The van der Waals surface area contributed by atoms with E-state index in [0.29, 0.717) is 18.5 Å². The SMILES string of the molecule is N[C@@H]1CCC[C@@H]1Nc1ccc2c(c1)CN(C1CCC(=O)NC1=O)C2=O. The predicted octanol–water partition coefficient (Wildman–Crippen LogP) is 0.739. The molecule has 2 aliphatic heterocycles. The minimum absolute atomic E-state index is 0.145. The highest BCUT2D eigenvalue weighted by atomic mass is 16.2. The Labute approximate surface area is 145 Å². The van der Waals surface area contributed by atoms with E-state index >= 15 is 0 Å². The minimum Gasteiger partial charge on any atom is -0.381 e. The summed E-state index contributed by atoms with van der Waals surface area (Å²) in [4.78, 5) is 37.6. The van der Waals surface area contributed by atoms with Crippen molar-refractivity contribution in [2.75, 3.05) is 5.32 Å². The zero-order valence-corrected chi connectivity index (χ0v) is 14.0. The van der Waals surface area contributed by atoms with Crippen LogP contribution in [0.15, 0.2) is 18.2 Å². The van der Waals surface area contributed by atoms with Gasteiger partial charge in [-0.05, 0) is 49.4 Å². The number of carbonyl (C=O) groups excluding carboxylic acids is 3. The molecule has 3 amide bonds. The number of piperidine rings is 1. The third-order valence-corrected chi connectivity index (χ3v) is 5.45. The van der Waals surface area contributed by atoms with Crippen molar-refractivity contribution in [2.24, 2.45) is 5.73 Å². The summed E-state index contributed by atoms with van der Waals surface area (Å²) in [6, 6.07) is 5.54. The van der Waals surface area contributed by atoms with Gasteiger partial charge in [0.25, 0.3) is 5.91 Å². The fourth-order valence-corrected chi connectivity index (χ4v) is 4.05. The fourth-order valence-electron chi connectivity index (χ4n) is 4.05. The molecular weight excluding hydrogens is 320 g/mol. The van der Waals surface area contributed by atoms with Crippen molar-refractivity contribution >= 4 is 23.4 Å². The first kappa shape index (κ1) is 16.1. The standard InChI is InChI=1S/C18H22N4O3/c19-13-2-1-3-14(13)20-11-4-5-12-10(8-11)9-22(18(12)25)15-6-7-16(23)21-17(15)24/h4-5,8,13-15,20H,1-3,6-7,9,19H2,(H,21,23,24)/t13-,14+,15?/m1/s1. The van der Waals surface area contributed by atoms with E-state index < -0.39 is 6.04 Å². The van der Waals surface area contributed by atoms with Crippen LogP contribution in [0.4, 0.5) is 5.69 Å². The Bertz CT molecular complexity index is 748. The van der Waals surface area contributed by atoms with Gasteiger partial charge in [-0.1, -0.05) is 0 Å². The Hall–Kier alpha value is -2.41. The van der Waals surface area contributed by atoms with Crippen molar-refractivity contribution in [3.05, 3.63) is 29.3 Å². The highest BCUT2D eigenvalue weighted by molar-refractivity contribution is 6.05. The summed E-state index contributed by atoms with van der Waals surface area (Å²) in [7, 11) is 0. The maximum absolute atomic E-state index is 12.7. The second-order valence-electron chi connectivity index (χ2n) is 7.12. The number of anilines is 1. The van der Waals surface area contributed by atoms with Gasteiger partial charge >= 0.3 is 0 Å². The number of nitrogens with one attached hydrogen (secondary N) is 2. The summed E-state index contributed by atoms with van der Waals surface area (Å²) in [6.07, 6.45) is 3.87. The quantitative estimate of drug-likeness (QED) is 0.703. The molecule has 1 aromatic carbocycles. The Morgan fingerprint density at radius 2 is 2.00 bits per heavy atom. The van der Waals surface area contributed by atoms with Crippen LogP contribution in [0.25, 0.3) is 0 Å². The first-order valence-electron chi connectivity index (χ1n) is 8.82. The lowest BCUT2D eigenvalue weighted by Gasteiger charge is -2.29. The molecule has 4 N–H and O–H groups in total. The summed E-state index contributed by atoms with van der Waals surface area (Å²) in [6.45, 7) is 0.396. The van der Waals surface area contributed by atoms with E-state index in [1.165, 1.54) is 0 Å². The van der Waals surface area contributed by atoms with Gasteiger partial charge < -0.3 is 16.0 Å². The van der Waals surface area contributed by atoms with Crippen LogP contribution in [0.5, 0.6) is 0 Å². The van der Waals surface area contributed by atoms with E-state index in [1.54, 1.807) is 4.90 Å². The monoisotopic (exact) mass is 342 g/mol. The number of amides is 3. The van der Waals surface area contributed by atoms with Crippen LogP contribution in [0, 0.1) is 0 Å². The largest absolute Gasteiger partial charge is 0.381 e. The number of nitrogens with zero attached hydrogens (tertiary/aromatic N) is 1. The Balaban J connectivity index is 1.51. The molecule has 1 saturated carbocycles. The number of benzene rings is 1. The Kier molecular flexibility index (Phi) is 3.95. The lowest BCUT2D eigenvalue weighted by atomic mass is 10.0. The molecule has 4 rings (SSSR count). The van der Waals surface area contributed by atoms with Gasteiger partial charge in [-0.2, -0.15) is 0 Å². The van der Waals surface area contributed by atoms with Crippen molar-refractivity contribution in [3.8, 4) is 0 Å². The Morgan fingerprint density at radius 3 is 2.72 bits per heavy atom. The van der Waals surface area contributed by atoms with Gasteiger partial charge in [0.05, 0.1) is 0 Å². The molecule has 0 radical (unpaired) electrons. The molecule has 0 spiro atoms. The molecule has 1 aliphatic carbocycles. The van der Waals surface area contributed by atoms with Gasteiger partial charge in [-0.15, -0.1) is 0 Å². The van der Waals surface area contributed by atoms with Gasteiger partial charge in [0.1, 0.15) is 6.04 Å². The van der Waals surface area contributed by atoms with Crippen LogP contribution in [0.2, 0.25) is 0 Å². The summed E-state index contributed by atoms with van der Waals surface area (Å²) in [5.74, 6) is -0.800. The van der Waals surface area contributed by atoms with Crippen molar-refractivity contribution in [1.29, 1.82) is 0 Å². The van der Waals surface area contributed by atoms with Gasteiger partial charge in [0.15, 0.2) is 0 Å². The van der Waals surface area contributed by atoms with Crippen LogP contribution in [-0.2, 0) is 16.1 Å². The van der Waals surface area contributed by atoms with Crippen LogP contribution in [-0.4, -0.2) is 40.7 Å². The van der Waals surface area contributed by atoms with Crippen LogP contribution < -0.4 is 16.4 Å². The number of rotatable bonds is 3. The number of hydrogen-bond donors (Lipinski definition) is 3. The van der Waals surface area contributed by atoms with E-state index in [1.807, 2.05) is 18.2 Å². The highest BCUT2D eigenvalue weighted by Gasteiger charge is 2.39. The lowest BCUT2D eigenvalue weighted by molar-refractivity contribution is -0.136. The zero-order valence-electron chi connectivity index (χ0n) is 14.0. The molecule has 1 saturated heterocycles. The molecule has 1 unspecified atom stereocenters. The fraction of sp³-hybridized carbons (Fsp3) is 0.500. The summed E-state index contributed by atoms with van der Waals surface area (Å²) in [5.41, 5.74) is 8.61. The Morgan fingerprint density at radius 1 is 1.16 bits per heavy atom. The smallest absolute Gasteiger partial charge is 0.255 e. The van der Waals surface area contributed by atoms with Crippen LogP contribution in [0.3, 0.4) is 0 Å². The van der Waals surface area contributed by atoms with E-state index in [-0.39, 0.29) is 36.2 Å². The van der Waals surface area contributed by atoms with Crippen molar-refractivity contribution in [2.45, 2.75) is 56.8 Å². The number of nitrogens with two attached hydrogens (primary N) is 1. The minimum atomic E-state index is -0.572. The molecule has 7 nitrogen and oxygen atoms in total. The van der Waals surface area contributed by atoms with Gasteiger partial charge in [-0.25, -0.2) is 0 Å². The summed E-state index contributed by atoms with van der Waals surface area (Å²) >= 11 is 0. The van der Waals surface area contributed by atoms with Crippen molar-refractivity contribution < 1.29 is 14.4 Å². The average molecular weight is 342 g/mol. The lowest BCUT2D eigenvalue weighted by Crippen LogP contribution is -2.52. The predicted molar refractivity (Wildman–Crippen MR) is 91.7 cm³/mol. The first-order chi connectivity index (χ1) is 12.0. The number of imide groups is 1. The van der Waals surface area contributed by atoms with Gasteiger partial charge in [0, 0.05) is 36.3 Å². The topological polar surface area (TPSA) is 105 Å². The highest BCUT2D eigenvalue weighted by Crippen LogP contribution is 2.30. The molecule has 25 heavy (non-hydrogen) atoms. The third kappa shape index (κ3) is 2.89. The van der Waals surface area contributed by atoms with E-state index in [9.17, 15) is 14.4 Å².